The van der Waals surface area contributed by atoms with Crippen molar-refractivity contribution in [1.82, 2.24) is 0 Å². The van der Waals surface area contributed by atoms with Crippen molar-refractivity contribution in [3.8, 4) is 17.2 Å². The molecule has 2 fully saturated rings. The molecule has 258 valence electrons. The molecule has 3 aliphatic carbocycles. The number of hydrogen-bond acceptors (Lipinski definition) is 10. The van der Waals surface area contributed by atoms with Gasteiger partial charge in [0.05, 0.1) is 22.9 Å². The molecule has 1 aromatic rings. The predicted octanol–water partition coefficient (Wildman–Crippen LogP) is 5.45. The number of ketones is 2. The summed E-state index contributed by atoms with van der Waals surface area (Å²) in [5, 5.41) is 33.9. The standard InChI is InChI=1S/C38H46O10/c1-20(2)10-9-13-36(8)14-12-23-29(41)28-30(42)25-16-22-17-26-35(6,7)48-37(33(22)43,15-11-21(3)45-19-39)38(25,26)47-32(28)24(31(23)46-36)18-27(40)34(4,5)44/h10-12,14,16,19,22,26-27,40-41,44H,9,13,15,17-18H2,1-8H3/b21-11-/t22?,26?,27?,36-,37-,38-/m1/s1. The Kier molecular flexibility index (Phi) is 7.93. The molecule has 1 spiro atoms. The molecule has 6 atom stereocenters. The normalized spacial score (nSPS) is 31.5. The molecular weight excluding hydrogens is 616 g/mol. The number of carbonyl (C=O) groups excluding carboxylic acids is 3. The molecule has 0 amide bonds. The fourth-order valence-electron chi connectivity index (χ4n) is 8.34. The first-order chi connectivity index (χ1) is 22.3. The number of fused-ring (bicyclic) bond motifs is 2. The average Bonchev–Trinajstić information content (AvgIpc) is 3.14. The SMILES string of the molecule is CC(C)=CCC[C@]1(C)C=Cc2c(O)c3c(c(CC(O)C(C)(C)O)c2O1)O[C@]12C(=CC4CC1C(C)(C)O[C@]2(C/C=C(/C)OC=O)C4=O)C3=O. The van der Waals surface area contributed by atoms with Gasteiger partial charge in [-0.15, -0.1) is 0 Å². The molecule has 0 aromatic heterocycles. The Bertz CT molecular complexity index is 1720. The van der Waals surface area contributed by atoms with Gasteiger partial charge in [-0.1, -0.05) is 17.7 Å². The zero-order valence-corrected chi connectivity index (χ0v) is 28.9. The summed E-state index contributed by atoms with van der Waals surface area (Å²) in [6.45, 7) is 14.6. The van der Waals surface area contributed by atoms with Crippen LogP contribution >= 0.6 is 0 Å². The van der Waals surface area contributed by atoms with E-state index in [-0.39, 0.29) is 58.3 Å². The number of phenolic OH excluding ortho intramolecular Hbond substituents is 1. The lowest BCUT2D eigenvalue weighted by Crippen LogP contribution is -2.72. The van der Waals surface area contributed by atoms with Crippen LogP contribution in [0.5, 0.6) is 17.2 Å². The second kappa shape index (κ2) is 11.1. The highest BCUT2D eigenvalue weighted by atomic mass is 16.6. The van der Waals surface area contributed by atoms with E-state index in [0.717, 1.165) is 6.42 Å². The number of aliphatic hydroxyl groups is 2. The van der Waals surface area contributed by atoms with Gasteiger partial charge in [0.25, 0.3) is 6.47 Å². The number of hydrogen-bond donors (Lipinski definition) is 3. The summed E-state index contributed by atoms with van der Waals surface area (Å²) in [6, 6.07) is 0. The molecule has 1 saturated heterocycles. The lowest BCUT2D eigenvalue weighted by atomic mass is 9.51. The van der Waals surface area contributed by atoms with E-state index in [0.29, 0.717) is 24.9 Å². The smallest absolute Gasteiger partial charge is 0.298 e. The van der Waals surface area contributed by atoms with Gasteiger partial charge in [0.1, 0.15) is 34.2 Å². The molecule has 3 unspecified atom stereocenters. The first kappa shape index (κ1) is 34.1. The Hall–Kier alpha value is -3.73. The van der Waals surface area contributed by atoms with Gasteiger partial charge in [0.2, 0.25) is 0 Å². The molecule has 0 radical (unpaired) electrons. The van der Waals surface area contributed by atoms with Crippen molar-refractivity contribution in [1.29, 1.82) is 0 Å². The maximum atomic E-state index is 14.8. The van der Waals surface area contributed by atoms with Gasteiger partial charge in [-0.25, -0.2) is 0 Å². The summed E-state index contributed by atoms with van der Waals surface area (Å²) < 4.78 is 25.5. The maximum absolute atomic E-state index is 14.8. The van der Waals surface area contributed by atoms with Crippen LogP contribution in [-0.2, 0) is 25.5 Å². The van der Waals surface area contributed by atoms with Gasteiger partial charge < -0.3 is 34.3 Å². The van der Waals surface area contributed by atoms with Gasteiger partial charge in [-0.2, -0.15) is 0 Å². The lowest BCUT2D eigenvalue weighted by molar-refractivity contribution is -0.171. The third-order valence-electron chi connectivity index (χ3n) is 10.9. The van der Waals surface area contributed by atoms with Crippen molar-refractivity contribution in [3.05, 3.63) is 57.9 Å². The van der Waals surface area contributed by atoms with Gasteiger partial charge in [0.15, 0.2) is 22.8 Å². The molecule has 10 heteroatoms. The number of rotatable bonds is 10. The average molecular weight is 663 g/mol. The summed E-state index contributed by atoms with van der Waals surface area (Å²) >= 11 is 0. The number of ether oxygens (including phenoxy) is 4. The minimum Gasteiger partial charge on any atom is -0.506 e. The summed E-state index contributed by atoms with van der Waals surface area (Å²) in [4.78, 5) is 40.2. The third-order valence-corrected chi connectivity index (χ3v) is 10.9. The second-order valence-corrected chi connectivity index (χ2v) is 15.5. The van der Waals surface area contributed by atoms with Crippen molar-refractivity contribution >= 4 is 24.1 Å². The van der Waals surface area contributed by atoms with Crippen molar-refractivity contribution < 1.29 is 48.7 Å². The van der Waals surface area contributed by atoms with Crippen molar-refractivity contribution in [2.75, 3.05) is 0 Å². The fourth-order valence-corrected chi connectivity index (χ4v) is 8.34. The van der Waals surface area contributed by atoms with Gasteiger partial charge in [0, 0.05) is 35.8 Å². The van der Waals surface area contributed by atoms with E-state index in [2.05, 4.69) is 6.08 Å². The lowest BCUT2D eigenvalue weighted by Gasteiger charge is -2.56. The second-order valence-electron chi connectivity index (χ2n) is 15.5. The van der Waals surface area contributed by atoms with Gasteiger partial charge in [-0.05, 0) is 92.9 Å². The zero-order valence-electron chi connectivity index (χ0n) is 28.9. The molecule has 6 aliphatic rings. The van der Waals surface area contributed by atoms with Crippen LogP contribution in [-0.4, -0.2) is 67.5 Å². The molecule has 3 aliphatic heterocycles. The summed E-state index contributed by atoms with van der Waals surface area (Å²) in [5.41, 5.74) is -4.63. The Morgan fingerprint density at radius 1 is 1.12 bits per heavy atom. The number of allylic oxidation sites excluding steroid dienone is 4. The fraction of sp³-hybridized carbons (Fsp3) is 0.553. The van der Waals surface area contributed by atoms with Crippen LogP contribution in [0.4, 0.5) is 0 Å². The van der Waals surface area contributed by atoms with Crippen LogP contribution < -0.4 is 9.47 Å². The van der Waals surface area contributed by atoms with Gasteiger partial charge >= 0.3 is 0 Å². The van der Waals surface area contributed by atoms with E-state index < -0.39 is 51.7 Å². The van der Waals surface area contributed by atoms with Crippen LogP contribution in [0.2, 0.25) is 0 Å². The number of aliphatic hydroxyl groups excluding tert-OH is 1. The van der Waals surface area contributed by atoms with Crippen LogP contribution in [0.1, 0.15) is 103 Å². The third kappa shape index (κ3) is 4.90. The first-order valence-corrected chi connectivity index (χ1v) is 16.6. The molecular formula is C38H46O10. The molecule has 3 N–H and O–H groups in total. The van der Waals surface area contributed by atoms with Crippen LogP contribution in [0, 0.1) is 11.8 Å². The highest BCUT2D eigenvalue weighted by Crippen LogP contribution is 2.68. The molecule has 48 heavy (non-hydrogen) atoms. The highest BCUT2D eigenvalue weighted by molar-refractivity contribution is 6.19. The minimum atomic E-state index is -1.66. The largest absolute Gasteiger partial charge is 0.506 e. The molecule has 7 rings (SSSR count). The van der Waals surface area contributed by atoms with E-state index in [9.17, 15) is 29.7 Å². The van der Waals surface area contributed by atoms with Crippen LogP contribution in [0.3, 0.4) is 0 Å². The van der Waals surface area contributed by atoms with Crippen LogP contribution in [0.15, 0.2) is 41.2 Å². The minimum absolute atomic E-state index is 0.00711. The number of Topliss-reactive ketones (excluding diaryl/α,β-unsaturated/α-hetero) is 2. The van der Waals surface area contributed by atoms with Crippen molar-refractivity contribution in [2.45, 2.75) is 122 Å². The van der Waals surface area contributed by atoms with Crippen LogP contribution in [0.25, 0.3) is 6.08 Å². The van der Waals surface area contributed by atoms with Crippen molar-refractivity contribution in [2.24, 2.45) is 11.8 Å². The Morgan fingerprint density at radius 2 is 1.83 bits per heavy atom. The topological polar surface area (TPSA) is 149 Å². The molecule has 10 nitrogen and oxygen atoms in total. The zero-order chi connectivity index (χ0) is 35.2. The summed E-state index contributed by atoms with van der Waals surface area (Å²) in [6.07, 6.45) is 9.12. The molecule has 1 aromatic carbocycles. The molecule has 3 heterocycles. The molecule has 4 bridgehead atoms. The Labute approximate surface area is 281 Å². The van der Waals surface area contributed by atoms with E-state index in [1.807, 2.05) is 40.7 Å². The van der Waals surface area contributed by atoms with Crippen molar-refractivity contribution in [3.63, 3.8) is 0 Å². The van der Waals surface area contributed by atoms with E-state index in [4.69, 9.17) is 18.9 Å². The predicted molar refractivity (Wildman–Crippen MR) is 177 cm³/mol. The summed E-state index contributed by atoms with van der Waals surface area (Å²) in [5.74, 6) is -1.65. The molecule has 1 saturated carbocycles. The summed E-state index contributed by atoms with van der Waals surface area (Å²) in [7, 11) is 0. The highest BCUT2D eigenvalue weighted by Gasteiger charge is 2.81. The number of aromatic hydroxyl groups is 1. The van der Waals surface area contributed by atoms with E-state index in [1.54, 1.807) is 25.2 Å². The number of benzene rings is 1. The first-order valence-electron chi connectivity index (χ1n) is 16.6. The van der Waals surface area contributed by atoms with E-state index >= 15 is 0 Å². The number of phenols is 1. The van der Waals surface area contributed by atoms with E-state index in [1.165, 1.54) is 19.4 Å². The number of carbonyl (C=O) groups is 3. The Morgan fingerprint density at radius 3 is 2.48 bits per heavy atom. The monoisotopic (exact) mass is 662 g/mol. The quantitative estimate of drug-likeness (QED) is 0.168. The Balaban J connectivity index is 1.59. The van der Waals surface area contributed by atoms with Gasteiger partial charge in [-0.3, -0.25) is 14.4 Å². The maximum Gasteiger partial charge on any atom is 0.298 e.